The molecular weight excluding hydrogens is 240 g/mol. The first-order chi connectivity index (χ1) is 7.58. The van der Waals surface area contributed by atoms with Gasteiger partial charge < -0.3 is 0 Å². The van der Waals surface area contributed by atoms with Gasteiger partial charge in [0.1, 0.15) is 0 Å². The van der Waals surface area contributed by atoms with E-state index in [0.29, 0.717) is 9.75 Å². The first kappa shape index (κ1) is 9.93. The summed E-state index contributed by atoms with van der Waals surface area (Å²) in [5, 5.41) is 0. The molecule has 0 fully saturated rings. The first-order valence-electron chi connectivity index (χ1n) is 4.88. The van der Waals surface area contributed by atoms with Gasteiger partial charge in [0, 0.05) is 20.9 Å². The van der Waals surface area contributed by atoms with Gasteiger partial charge in [0.15, 0.2) is 0 Å². The predicted molar refractivity (Wildman–Crippen MR) is 65.8 cm³/mol. The van der Waals surface area contributed by atoms with E-state index in [4.69, 9.17) is 0 Å². The van der Waals surface area contributed by atoms with Gasteiger partial charge in [-0.25, -0.2) is 0 Å². The van der Waals surface area contributed by atoms with Crippen molar-refractivity contribution in [3.05, 3.63) is 31.6 Å². The van der Waals surface area contributed by atoms with Crippen molar-refractivity contribution in [3.8, 4) is 11.1 Å². The molecular formula is C12H8O2S2. The second-order valence-corrected chi connectivity index (χ2v) is 6.37. The molecule has 0 radical (unpaired) electrons. The van der Waals surface area contributed by atoms with Crippen LogP contribution in [0.25, 0.3) is 11.1 Å². The number of rotatable bonds is 0. The molecule has 0 spiro atoms. The van der Waals surface area contributed by atoms with Crippen LogP contribution in [0, 0.1) is 13.8 Å². The van der Waals surface area contributed by atoms with Crippen LogP contribution in [0.3, 0.4) is 0 Å². The third-order valence-corrected chi connectivity index (χ3v) is 4.72. The molecule has 0 atom stereocenters. The van der Waals surface area contributed by atoms with Crippen LogP contribution < -0.4 is 0 Å². The average molecular weight is 248 g/mol. The smallest absolute Gasteiger partial charge is 0.244 e. The summed E-state index contributed by atoms with van der Waals surface area (Å²) in [6, 6.07) is 3.99. The zero-order valence-electron chi connectivity index (χ0n) is 8.79. The van der Waals surface area contributed by atoms with Crippen molar-refractivity contribution < 1.29 is 9.59 Å². The summed E-state index contributed by atoms with van der Waals surface area (Å²) >= 11 is 2.82. The van der Waals surface area contributed by atoms with Crippen LogP contribution in [-0.4, -0.2) is 11.6 Å². The van der Waals surface area contributed by atoms with E-state index in [-0.39, 0.29) is 11.6 Å². The van der Waals surface area contributed by atoms with E-state index in [9.17, 15) is 9.59 Å². The van der Waals surface area contributed by atoms with E-state index in [0.717, 1.165) is 20.9 Å². The summed E-state index contributed by atoms with van der Waals surface area (Å²) in [6.07, 6.45) is 0. The van der Waals surface area contributed by atoms with E-state index < -0.39 is 0 Å². The Labute approximate surface area is 101 Å². The van der Waals surface area contributed by atoms with Crippen molar-refractivity contribution >= 4 is 34.2 Å². The number of aryl methyl sites for hydroxylation is 2. The number of thiophene rings is 2. The molecule has 2 heterocycles. The number of Topliss-reactive ketones (excluding diaryl/α,β-unsaturated/α-hetero) is 2. The summed E-state index contributed by atoms with van der Waals surface area (Å²) in [7, 11) is 0. The lowest BCUT2D eigenvalue weighted by Crippen LogP contribution is -2.17. The quantitative estimate of drug-likeness (QED) is 0.669. The number of carbonyl (C=O) groups is 2. The molecule has 1 aliphatic rings. The van der Waals surface area contributed by atoms with Gasteiger partial charge in [0.25, 0.3) is 0 Å². The van der Waals surface area contributed by atoms with Crippen molar-refractivity contribution in [2.24, 2.45) is 0 Å². The van der Waals surface area contributed by atoms with Crippen LogP contribution >= 0.6 is 22.7 Å². The molecule has 1 aliphatic carbocycles. The van der Waals surface area contributed by atoms with Crippen molar-refractivity contribution in [2.45, 2.75) is 13.8 Å². The highest BCUT2D eigenvalue weighted by atomic mass is 32.1. The SMILES string of the molecule is Cc1cc2c(s1)C(=O)C(=O)c1sc(C)cc1-2. The number of hydrogen-bond donors (Lipinski definition) is 0. The molecule has 3 rings (SSSR count). The maximum Gasteiger partial charge on any atom is 0.244 e. The minimum absolute atomic E-state index is 0.345. The summed E-state index contributed by atoms with van der Waals surface area (Å²) in [6.45, 7) is 3.92. The van der Waals surface area contributed by atoms with Crippen molar-refractivity contribution in [2.75, 3.05) is 0 Å². The molecule has 0 unspecified atom stereocenters. The topological polar surface area (TPSA) is 34.1 Å². The molecule has 80 valence electrons. The fourth-order valence-corrected chi connectivity index (χ4v) is 3.90. The molecule has 2 aromatic rings. The monoisotopic (exact) mass is 248 g/mol. The van der Waals surface area contributed by atoms with E-state index in [1.54, 1.807) is 0 Å². The Morgan fingerprint density at radius 3 is 1.56 bits per heavy atom. The van der Waals surface area contributed by atoms with E-state index >= 15 is 0 Å². The van der Waals surface area contributed by atoms with Crippen LogP contribution in [0.4, 0.5) is 0 Å². The van der Waals surface area contributed by atoms with Crippen LogP contribution in [0.2, 0.25) is 0 Å². The zero-order chi connectivity index (χ0) is 11.4. The fourth-order valence-electron chi connectivity index (χ4n) is 1.97. The van der Waals surface area contributed by atoms with Gasteiger partial charge in [-0.05, 0) is 26.0 Å². The Kier molecular flexibility index (Phi) is 1.94. The Balaban J connectivity index is 2.40. The van der Waals surface area contributed by atoms with Gasteiger partial charge in [0.2, 0.25) is 11.6 Å². The summed E-state index contributed by atoms with van der Waals surface area (Å²) < 4.78 is 0. The lowest BCUT2D eigenvalue weighted by Gasteiger charge is -2.08. The van der Waals surface area contributed by atoms with Gasteiger partial charge in [-0.15, -0.1) is 22.7 Å². The van der Waals surface area contributed by atoms with Crippen LogP contribution in [0.15, 0.2) is 12.1 Å². The Hall–Kier alpha value is -1.26. The molecule has 2 nitrogen and oxygen atoms in total. The minimum atomic E-state index is -0.345. The summed E-state index contributed by atoms with van der Waals surface area (Å²) in [4.78, 5) is 27.1. The maximum atomic E-state index is 11.9. The highest BCUT2D eigenvalue weighted by Gasteiger charge is 2.33. The summed E-state index contributed by atoms with van der Waals surface area (Å²) in [5.74, 6) is -0.690. The van der Waals surface area contributed by atoms with Gasteiger partial charge in [0.05, 0.1) is 9.75 Å². The molecule has 0 saturated heterocycles. The average Bonchev–Trinajstić information content (AvgIpc) is 2.78. The van der Waals surface area contributed by atoms with Crippen molar-refractivity contribution in [1.29, 1.82) is 0 Å². The summed E-state index contributed by atoms with van der Waals surface area (Å²) in [5.41, 5.74) is 1.87. The third kappa shape index (κ3) is 1.17. The second kappa shape index (κ2) is 3.12. The largest absolute Gasteiger partial charge is 0.284 e. The lowest BCUT2D eigenvalue weighted by molar-refractivity contribution is 0.0820. The Bertz CT molecular complexity index is 575. The third-order valence-electron chi connectivity index (χ3n) is 2.62. The minimum Gasteiger partial charge on any atom is -0.284 e. The van der Waals surface area contributed by atoms with Crippen LogP contribution in [-0.2, 0) is 0 Å². The zero-order valence-corrected chi connectivity index (χ0v) is 10.4. The van der Waals surface area contributed by atoms with Crippen LogP contribution in [0.5, 0.6) is 0 Å². The fraction of sp³-hybridized carbons (Fsp3) is 0.167. The molecule has 0 saturated carbocycles. The molecule has 0 aliphatic heterocycles. The first-order valence-corrected chi connectivity index (χ1v) is 6.51. The molecule has 0 amide bonds. The molecule has 2 aromatic heterocycles. The van der Waals surface area contributed by atoms with Crippen LogP contribution in [0.1, 0.15) is 29.1 Å². The highest BCUT2D eigenvalue weighted by molar-refractivity contribution is 7.18. The van der Waals surface area contributed by atoms with E-state index in [2.05, 4.69) is 0 Å². The Morgan fingerprint density at radius 2 is 1.19 bits per heavy atom. The number of fused-ring (bicyclic) bond motifs is 3. The second-order valence-electron chi connectivity index (χ2n) is 3.86. The van der Waals surface area contributed by atoms with Crippen molar-refractivity contribution in [1.82, 2.24) is 0 Å². The standard InChI is InChI=1S/C12H8O2S2/c1-5-3-7-8-4-6(2)16-12(8)10(14)9(13)11(7)15-5/h3-4H,1-2H3. The number of hydrogen-bond acceptors (Lipinski definition) is 4. The molecule has 0 N–H and O–H groups in total. The normalized spacial score (nSPS) is 13.9. The van der Waals surface area contributed by atoms with Gasteiger partial charge in [-0.1, -0.05) is 0 Å². The van der Waals surface area contributed by atoms with Gasteiger partial charge in [-0.2, -0.15) is 0 Å². The van der Waals surface area contributed by atoms with E-state index in [1.807, 2.05) is 26.0 Å². The molecule has 0 bridgehead atoms. The van der Waals surface area contributed by atoms with Gasteiger partial charge >= 0.3 is 0 Å². The predicted octanol–water partition coefficient (Wildman–Crippen LogP) is 3.47. The number of carbonyl (C=O) groups excluding carboxylic acids is 2. The highest BCUT2D eigenvalue weighted by Crippen LogP contribution is 2.41. The van der Waals surface area contributed by atoms with E-state index in [1.165, 1.54) is 22.7 Å². The maximum absolute atomic E-state index is 11.9. The lowest BCUT2D eigenvalue weighted by atomic mass is 9.95. The van der Waals surface area contributed by atoms with Crippen molar-refractivity contribution in [3.63, 3.8) is 0 Å². The number of ketones is 2. The van der Waals surface area contributed by atoms with Gasteiger partial charge in [-0.3, -0.25) is 9.59 Å². The molecule has 16 heavy (non-hydrogen) atoms. The molecule has 0 aromatic carbocycles. The molecule has 4 heteroatoms. The Morgan fingerprint density at radius 1 is 0.812 bits per heavy atom.